The fourth-order valence-corrected chi connectivity index (χ4v) is 23.0. The number of carbonyl (C=O) groups is 3. The maximum absolute atomic E-state index is 16.3. The van der Waals surface area contributed by atoms with Gasteiger partial charge in [-0.05, 0) is 200 Å². The van der Waals surface area contributed by atoms with Gasteiger partial charge in [-0.1, -0.05) is 84.9 Å². The molecule has 1 aromatic carbocycles. The molecule has 6 heterocycles. The van der Waals surface area contributed by atoms with Crippen molar-refractivity contribution < 1.29 is 34.1 Å². The summed E-state index contributed by atoms with van der Waals surface area (Å²) in [5.74, 6) is 0.844. The molecule has 6 saturated carbocycles. The lowest BCUT2D eigenvalue weighted by Gasteiger charge is -2.76. The van der Waals surface area contributed by atoms with Gasteiger partial charge in [-0.3, -0.25) is 9.59 Å². The van der Waals surface area contributed by atoms with E-state index in [4.69, 9.17) is 9.47 Å². The molecule has 3 aromatic heterocycles. The average Bonchev–Trinajstić information content (AvgIpc) is 4.23. The van der Waals surface area contributed by atoms with Crippen molar-refractivity contribution in [3.63, 3.8) is 0 Å². The molecule has 0 unspecified atom stereocenters. The number of rotatable bonds is 9. The van der Waals surface area contributed by atoms with Crippen LogP contribution in [0.25, 0.3) is 11.0 Å². The van der Waals surface area contributed by atoms with Gasteiger partial charge in [0.25, 0.3) is 0 Å². The van der Waals surface area contributed by atoms with Crippen LogP contribution in [-0.4, -0.2) is 79.7 Å². The Morgan fingerprint density at radius 2 is 1.55 bits per heavy atom. The molecule has 10 nitrogen and oxygen atoms in total. The number of nitrogens with zero attached hydrogens (tertiary/aromatic N) is 1. The number of allylic oxidation sites excluding steroid dienone is 1. The van der Waals surface area contributed by atoms with E-state index < -0.39 is 56.7 Å². The van der Waals surface area contributed by atoms with Gasteiger partial charge < -0.3 is 39.0 Å². The second kappa shape index (κ2) is 18.0. The number of epoxide rings is 1. The molecule has 3 aliphatic heterocycles. The van der Waals surface area contributed by atoms with Crippen molar-refractivity contribution in [2.75, 3.05) is 13.2 Å². The number of nitrogens with one attached hydrogen (secondary N) is 2. The zero-order valence-corrected chi connectivity index (χ0v) is 49.2. The van der Waals surface area contributed by atoms with Gasteiger partial charge in [0.15, 0.2) is 5.78 Å². The van der Waals surface area contributed by atoms with Crippen LogP contribution in [-0.2, 0) is 36.8 Å². The molecule has 2 saturated heterocycles. The highest BCUT2D eigenvalue weighted by Gasteiger charge is 2.81. The Balaban J connectivity index is 0.926. The lowest BCUT2D eigenvalue weighted by atomic mass is 9.27. The van der Waals surface area contributed by atoms with E-state index in [0.717, 1.165) is 123 Å². The minimum atomic E-state index is -0.835. The topological polar surface area (TPSA) is 150 Å². The number of carbonyl (C=O) groups excluding carboxylic acids is 3. The Kier molecular flexibility index (Phi) is 11.8. The number of fused-ring (bicyclic) bond motifs is 8. The molecule has 4 aromatic rings. The van der Waals surface area contributed by atoms with Gasteiger partial charge in [-0.25, -0.2) is 0 Å². The van der Waals surface area contributed by atoms with Crippen molar-refractivity contribution in [3.8, 4) is 0 Å². The van der Waals surface area contributed by atoms with Gasteiger partial charge in [0.2, 0.25) is 0 Å². The maximum Gasteiger partial charge on any atom is 0.160 e. The molecule has 428 valence electrons. The molecule has 15 rings (SSSR count). The Labute approximate surface area is 474 Å². The SMILES string of the molecule is CC1(C)O[C@@H]1[C@H](O)C[C@]1(C)CCc2c[nH]c3c([C@H](C=O)c4cc(C5CCCCC5)cc(C5CCOCC5)c4)cn(c23)C[C@@H]2C3=C1C(=O)C[C@]3(C)[C@@]1(C)CC[C@@H]3[C@](C)([C@H]1[C@@H]2O)[C@@]12CC[C@@H](C1)c1[nH]ccc1[C@@H]2C(=O)[C@@]3(C)C1CCCC1. The number of aromatic amines is 2. The number of hydrogen-bond acceptors (Lipinski definition) is 7. The van der Waals surface area contributed by atoms with Crippen LogP contribution in [0.4, 0.5) is 0 Å². The maximum atomic E-state index is 16.3. The van der Waals surface area contributed by atoms with E-state index in [0.29, 0.717) is 61.7 Å². The number of Topliss-reactive ketones (excluding diaryl/α,β-unsaturated/α-hetero) is 2. The molecule has 10 heteroatoms. The summed E-state index contributed by atoms with van der Waals surface area (Å²) >= 11 is 0. The largest absolute Gasteiger partial charge is 0.392 e. The second-order valence-electron chi connectivity index (χ2n) is 30.6. The molecule has 8 fully saturated rings. The second-order valence-corrected chi connectivity index (χ2v) is 30.6. The van der Waals surface area contributed by atoms with E-state index in [1.165, 1.54) is 60.8 Å². The van der Waals surface area contributed by atoms with Crippen molar-refractivity contribution >= 4 is 28.9 Å². The smallest absolute Gasteiger partial charge is 0.160 e. The Hall–Kier alpha value is -4.09. The molecule has 4 N–H and O–H groups in total. The molecule has 80 heavy (non-hydrogen) atoms. The highest BCUT2D eigenvalue weighted by molar-refractivity contribution is 6.02. The lowest BCUT2D eigenvalue weighted by Crippen LogP contribution is -2.74. The molecule has 15 atom stereocenters. The van der Waals surface area contributed by atoms with Crippen molar-refractivity contribution in [1.29, 1.82) is 0 Å². The summed E-state index contributed by atoms with van der Waals surface area (Å²) in [5, 5.41) is 27.0. The number of ether oxygens (including phenoxy) is 2. The number of aryl methyl sites for hydroxylation is 1. The summed E-state index contributed by atoms with van der Waals surface area (Å²) in [4.78, 5) is 54.0. The Morgan fingerprint density at radius 1 is 0.838 bits per heavy atom. The van der Waals surface area contributed by atoms with Crippen LogP contribution < -0.4 is 0 Å². The number of aliphatic hydroxyl groups excluding tert-OH is 2. The molecule has 11 aliphatic rings. The van der Waals surface area contributed by atoms with E-state index in [9.17, 15) is 15.0 Å². The summed E-state index contributed by atoms with van der Waals surface area (Å²) in [7, 11) is 0. The van der Waals surface area contributed by atoms with Crippen LogP contribution in [0.5, 0.6) is 0 Å². The van der Waals surface area contributed by atoms with Crippen LogP contribution in [0.3, 0.4) is 0 Å². The number of aldehydes is 1. The summed E-state index contributed by atoms with van der Waals surface area (Å²) in [5.41, 5.74) is 8.81. The minimum absolute atomic E-state index is 0.0891. The van der Waals surface area contributed by atoms with Crippen LogP contribution in [0, 0.1) is 56.2 Å². The standard InChI is InChI=1S/C70H91N3O7/c1-64(2)63(80-64)52(76)33-65(3)23-17-42-35-72-58-48(50(38-74)45-30-43(39-13-9-8-10-14-39)29-44(31-45)40-21-27-79-28-22-40)36-73(59(42)58)37-49-54-56(65)51(75)34-67(54,5)66(4)24-19-53-68(6,46-15-11-12-16-46)62(78)55-47-20-26-71-57(47)41-18-25-70(55,32-41)69(53,7)61(66)60(49)77/h20,26,29-31,35-36,38-41,46,49-50,52-53,55,60-61,63,71-72,76-77H,8-19,21-25,27-28,32-34,37H2,1-7H3/t41-,49+,50+,52+,53-,55+,60+,61-,63+,65-,66-,67-,68-,69+,70-/m0/s1. The van der Waals surface area contributed by atoms with Gasteiger partial charge in [0.05, 0.1) is 40.7 Å². The monoisotopic (exact) mass is 1090 g/mol. The van der Waals surface area contributed by atoms with Crippen molar-refractivity contribution in [3.05, 3.63) is 93.1 Å². The summed E-state index contributed by atoms with van der Waals surface area (Å²) < 4.78 is 14.5. The van der Waals surface area contributed by atoms with Crippen molar-refractivity contribution in [2.24, 2.45) is 56.2 Å². The highest BCUT2D eigenvalue weighted by Crippen LogP contribution is 2.84. The van der Waals surface area contributed by atoms with Gasteiger partial charge >= 0.3 is 0 Å². The Bertz CT molecular complexity index is 3190. The van der Waals surface area contributed by atoms with Gasteiger partial charge in [-0.15, -0.1) is 0 Å². The first-order valence-corrected chi connectivity index (χ1v) is 32.2. The summed E-state index contributed by atoms with van der Waals surface area (Å²) in [6, 6.07) is 9.44. The van der Waals surface area contributed by atoms with Crippen LogP contribution in [0.15, 0.2) is 54.0 Å². The molecular weight excluding hydrogens is 995 g/mol. The van der Waals surface area contributed by atoms with Gasteiger partial charge in [0.1, 0.15) is 18.2 Å². The number of ketones is 2. The predicted molar refractivity (Wildman–Crippen MR) is 310 cm³/mol. The predicted octanol–water partition coefficient (Wildman–Crippen LogP) is 13.6. The van der Waals surface area contributed by atoms with Crippen LogP contribution in [0.2, 0.25) is 0 Å². The van der Waals surface area contributed by atoms with Gasteiger partial charge in [0, 0.05) is 78.3 Å². The number of H-pyrrole nitrogens is 2. The number of hydrogen-bond donors (Lipinski definition) is 4. The average molecular weight is 1090 g/mol. The first kappa shape index (κ1) is 52.7. The zero-order chi connectivity index (χ0) is 55.3. The Morgan fingerprint density at radius 3 is 2.26 bits per heavy atom. The third kappa shape index (κ3) is 6.94. The first-order valence-electron chi connectivity index (χ1n) is 32.2. The van der Waals surface area contributed by atoms with E-state index in [1.54, 1.807) is 0 Å². The quantitative estimate of drug-likeness (QED) is 0.0963. The van der Waals surface area contributed by atoms with E-state index in [1.807, 2.05) is 13.8 Å². The van der Waals surface area contributed by atoms with Crippen molar-refractivity contribution in [1.82, 2.24) is 14.5 Å². The molecule has 0 radical (unpaired) electrons. The third-order valence-electron chi connectivity index (χ3n) is 26.9. The fraction of sp³-hybridized carbons (Fsp3) is 0.700. The lowest BCUT2D eigenvalue weighted by molar-refractivity contribution is -0.271. The first-order chi connectivity index (χ1) is 38.3. The van der Waals surface area contributed by atoms with E-state index in [-0.39, 0.29) is 35.1 Å². The molecule has 0 amide bonds. The number of aromatic nitrogens is 3. The number of benzene rings is 1. The molecular formula is C70H91N3O7. The van der Waals surface area contributed by atoms with Crippen LogP contribution in [0.1, 0.15) is 239 Å². The molecule has 2 bridgehead atoms. The normalized spacial score (nSPS) is 41.2. The molecule has 8 aliphatic carbocycles. The minimum Gasteiger partial charge on any atom is -0.392 e. The van der Waals surface area contributed by atoms with E-state index in [2.05, 4.69) is 92.0 Å². The van der Waals surface area contributed by atoms with Crippen molar-refractivity contribution in [2.45, 2.75) is 237 Å². The highest BCUT2D eigenvalue weighted by atomic mass is 16.6. The summed E-state index contributed by atoms with van der Waals surface area (Å²) in [6.45, 7) is 18.2. The molecule has 1 spiro atoms. The summed E-state index contributed by atoms with van der Waals surface area (Å²) in [6.07, 6.45) is 25.1. The third-order valence-corrected chi connectivity index (χ3v) is 26.9. The van der Waals surface area contributed by atoms with E-state index >= 15 is 9.59 Å². The number of aliphatic hydroxyl groups is 2. The zero-order valence-electron chi connectivity index (χ0n) is 49.2. The van der Waals surface area contributed by atoms with Gasteiger partial charge in [-0.2, -0.15) is 0 Å². The van der Waals surface area contributed by atoms with Crippen LogP contribution >= 0.6 is 0 Å². The fourth-order valence-electron chi connectivity index (χ4n) is 23.0.